The zero-order valence-electron chi connectivity index (χ0n) is 19.8. The molecule has 4 rings (SSSR count). The molecule has 2 amide bonds. The molecule has 0 saturated heterocycles. The van der Waals surface area contributed by atoms with Crippen LogP contribution in [-0.2, 0) is 9.59 Å². The van der Waals surface area contributed by atoms with E-state index in [2.05, 4.69) is 15.6 Å². The largest absolute Gasteiger partial charge is 0.387 e. The number of anilines is 1. The minimum Gasteiger partial charge on any atom is -0.387 e. The first-order valence-corrected chi connectivity index (χ1v) is 11.4. The summed E-state index contributed by atoms with van der Waals surface area (Å²) in [5.74, 6) is -3.17. The average molecular weight is 493 g/mol. The minimum absolute atomic E-state index is 0.211. The Kier molecular flexibility index (Phi) is 7.52. The number of fused-ring (bicyclic) bond motifs is 1. The maximum Gasteiger partial charge on any atom is 0.272 e. The molecule has 0 fully saturated rings. The van der Waals surface area contributed by atoms with E-state index >= 15 is 0 Å². The van der Waals surface area contributed by atoms with Gasteiger partial charge in [-0.2, -0.15) is 0 Å². The Labute approximate surface area is 207 Å². The first kappa shape index (κ1) is 25.2. The molecular formula is C27H26F2N4O3. The van der Waals surface area contributed by atoms with Crippen molar-refractivity contribution in [3.8, 4) is 0 Å². The van der Waals surface area contributed by atoms with E-state index in [4.69, 9.17) is 0 Å². The van der Waals surface area contributed by atoms with Gasteiger partial charge in [0, 0.05) is 30.3 Å². The van der Waals surface area contributed by atoms with Gasteiger partial charge in [0.25, 0.3) is 5.91 Å². The molecule has 0 aliphatic carbocycles. The van der Waals surface area contributed by atoms with Crippen LogP contribution in [0.3, 0.4) is 0 Å². The number of aliphatic hydroxyl groups excluding tert-OH is 1. The van der Waals surface area contributed by atoms with Crippen LogP contribution < -0.4 is 15.5 Å². The molecule has 3 atom stereocenters. The summed E-state index contributed by atoms with van der Waals surface area (Å²) in [4.78, 5) is 32.2. The number of hydrogen-bond donors (Lipinski definition) is 3. The van der Waals surface area contributed by atoms with Crippen LogP contribution in [0.4, 0.5) is 14.5 Å². The van der Waals surface area contributed by atoms with Crippen molar-refractivity contribution in [1.82, 2.24) is 10.6 Å². The topological polar surface area (TPSA) is 94.0 Å². The number of para-hydroxylation sites is 1. The second kappa shape index (κ2) is 10.8. The number of halogens is 2. The highest BCUT2D eigenvalue weighted by atomic mass is 19.2. The number of benzene rings is 3. The van der Waals surface area contributed by atoms with E-state index in [0.717, 1.165) is 17.2 Å². The van der Waals surface area contributed by atoms with Crippen LogP contribution in [-0.4, -0.2) is 48.4 Å². The smallest absolute Gasteiger partial charge is 0.272 e. The summed E-state index contributed by atoms with van der Waals surface area (Å²) >= 11 is 0. The molecular weight excluding hydrogens is 466 g/mol. The summed E-state index contributed by atoms with van der Waals surface area (Å²) in [6.07, 6.45) is -2.57. The molecule has 0 bridgehead atoms. The first-order valence-electron chi connectivity index (χ1n) is 11.4. The SMILES string of the molecule is C[C@H](NC[C@@H](O)c1cccc(F)c1F)C(=O)NC1N=C(c2ccccc2)c2ccccc2N(C)C1=O. The van der Waals surface area contributed by atoms with Gasteiger partial charge in [-0.05, 0) is 19.1 Å². The van der Waals surface area contributed by atoms with Crippen molar-refractivity contribution in [1.29, 1.82) is 0 Å². The third-order valence-electron chi connectivity index (χ3n) is 6.02. The molecule has 0 saturated carbocycles. The van der Waals surface area contributed by atoms with Gasteiger partial charge in [-0.25, -0.2) is 13.8 Å². The van der Waals surface area contributed by atoms with Crippen molar-refractivity contribution in [3.63, 3.8) is 0 Å². The molecule has 1 heterocycles. The van der Waals surface area contributed by atoms with Gasteiger partial charge in [-0.1, -0.05) is 60.7 Å². The molecule has 0 aromatic heterocycles. The Hall–Kier alpha value is -3.95. The standard InChI is InChI=1S/C27H26F2N4O3/c1-16(30-15-22(34)19-12-8-13-20(28)23(19)29)26(35)32-25-27(36)33(2)21-14-7-6-11-18(21)24(31-25)17-9-4-3-5-10-17/h3-14,16,22,25,30,34H,15H2,1-2H3,(H,32,35)/t16-,22+,25?/m0/s1. The number of benzodiazepines with no additional fused rings is 1. The average Bonchev–Trinajstić information content (AvgIpc) is 2.99. The molecule has 1 unspecified atom stereocenters. The number of carbonyl (C=O) groups is 2. The highest BCUT2D eigenvalue weighted by molar-refractivity contribution is 6.20. The Balaban J connectivity index is 1.52. The molecule has 3 aromatic carbocycles. The fourth-order valence-electron chi connectivity index (χ4n) is 3.97. The van der Waals surface area contributed by atoms with E-state index in [1.807, 2.05) is 54.6 Å². The van der Waals surface area contributed by atoms with Crippen LogP contribution in [0.5, 0.6) is 0 Å². The monoisotopic (exact) mass is 492 g/mol. The number of nitrogens with zero attached hydrogens (tertiary/aromatic N) is 2. The summed E-state index contributed by atoms with van der Waals surface area (Å²) in [7, 11) is 1.62. The normalized spacial score (nSPS) is 17.0. The van der Waals surface area contributed by atoms with E-state index in [9.17, 15) is 23.5 Å². The summed E-state index contributed by atoms with van der Waals surface area (Å²) < 4.78 is 27.4. The van der Waals surface area contributed by atoms with Gasteiger partial charge in [0.2, 0.25) is 12.1 Å². The molecule has 9 heteroatoms. The van der Waals surface area contributed by atoms with Crippen LogP contribution in [0.2, 0.25) is 0 Å². The lowest BCUT2D eigenvalue weighted by Gasteiger charge is -2.22. The predicted octanol–water partition coefficient (Wildman–Crippen LogP) is 2.93. The summed E-state index contributed by atoms with van der Waals surface area (Å²) in [6, 6.07) is 19.4. The van der Waals surface area contributed by atoms with E-state index < -0.39 is 41.8 Å². The number of nitrogens with one attached hydrogen (secondary N) is 2. The number of rotatable bonds is 7. The third kappa shape index (κ3) is 5.17. The van der Waals surface area contributed by atoms with Crippen LogP contribution >= 0.6 is 0 Å². The third-order valence-corrected chi connectivity index (χ3v) is 6.02. The molecule has 186 valence electrons. The lowest BCUT2D eigenvalue weighted by Crippen LogP contribution is -2.51. The summed E-state index contributed by atoms with van der Waals surface area (Å²) in [5, 5.41) is 15.7. The number of amides is 2. The first-order chi connectivity index (χ1) is 17.3. The number of hydrogen-bond acceptors (Lipinski definition) is 5. The summed E-state index contributed by atoms with van der Waals surface area (Å²) in [5.41, 5.74) is 2.55. The second-order valence-corrected chi connectivity index (χ2v) is 8.46. The maximum atomic E-state index is 14.0. The Morgan fingerprint density at radius 3 is 2.50 bits per heavy atom. The maximum absolute atomic E-state index is 14.0. The van der Waals surface area contributed by atoms with Gasteiger partial charge in [-0.3, -0.25) is 9.59 Å². The van der Waals surface area contributed by atoms with Crippen molar-refractivity contribution in [2.24, 2.45) is 4.99 Å². The van der Waals surface area contributed by atoms with Crippen molar-refractivity contribution < 1.29 is 23.5 Å². The van der Waals surface area contributed by atoms with Gasteiger partial charge >= 0.3 is 0 Å². The van der Waals surface area contributed by atoms with E-state index in [1.54, 1.807) is 7.05 Å². The lowest BCUT2D eigenvalue weighted by atomic mass is 10.0. The molecule has 36 heavy (non-hydrogen) atoms. The fraction of sp³-hybridized carbons (Fsp3) is 0.222. The van der Waals surface area contributed by atoms with Gasteiger partial charge < -0.3 is 20.6 Å². The zero-order chi connectivity index (χ0) is 25.8. The van der Waals surface area contributed by atoms with Crippen LogP contribution in [0.15, 0.2) is 77.8 Å². The lowest BCUT2D eigenvalue weighted by molar-refractivity contribution is -0.128. The number of likely N-dealkylation sites (N-methyl/N-ethyl adjacent to an activating group) is 1. The molecule has 3 aromatic rings. The molecule has 0 radical (unpaired) electrons. The number of carbonyl (C=O) groups excluding carboxylic acids is 2. The van der Waals surface area contributed by atoms with Crippen LogP contribution in [0, 0.1) is 11.6 Å². The highest BCUT2D eigenvalue weighted by Crippen LogP contribution is 2.27. The van der Waals surface area contributed by atoms with Crippen molar-refractivity contribution in [2.45, 2.75) is 25.2 Å². The van der Waals surface area contributed by atoms with E-state index in [1.165, 1.54) is 24.0 Å². The fourth-order valence-corrected chi connectivity index (χ4v) is 3.97. The Morgan fingerprint density at radius 1 is 1.06 bits per heavy atom. The highest BCUT2D eigenvalue weighted by Gasteiger charge is 2.32. The quantitative estimate of drug-likeness (QED) is 0.473. The van der Waals surface area contributed by atoms with Gasteiger partial charge in [0.1, 0.15) is 0 Å². The number of aliphatic imine (C=N–C) groups is 1. The molecule has 7 nitrogen and oxygen atoms in total. The Bertz CT molecular complexity index is 1300. The summed E-state index contributed by atoms with van der Waals surface area (Å²) in [6.45, 7) is 1.32. The molecule has 0 spiro atoms. The van der Waals surface area contributed by atoms with Crippen molar-refractivity contribution >= 4 is 23.2 Å². The van der Waals surface area contributed by atoms with Gasteiger partial charge in [-0.15, -0.1) is 0 Å². The van der Waals surface area contributed by atoms with Crippen LogP contribution in [0.25, 0.3) is 0 Å². The van der Waals surface area contributed by atoms with E-state index in [0.29, 0.717) is 11.4 Å². The van der Waals surface area contributed by atoms with Crippen molar-refractivity contribution in [2.75, 3.05) is 18.5 Å². The van der Waals surface area contributed by atoms with Gasteiger partial charge in [0.15, 0.2) is 11.6 Å². The molecule has 1 aliphatic heterocycles. The zero-order valence-corrected chi connectivity index (χ0v) is 19.8. The molecule has 3 N–H and O–H groups in total. The predicted molar refractivity (Wildman–Crippen MR) is 133 cm³/mol. The Morgan fingerprint density at radius 2 is 1.75 bits per heavy atom. The van der Waals surface area contributed by atoms with Crippen LogP contribution in [0.1, 0.15) is 29.7 Å². The minimum atomic E-state index is -1.38. The van der Waals surface area contributed by atoms with Crippen molar-refractivity contribution in [3.05, 3.63) is 101 Å². The van der Waals surface area contributed by atoms with Gasteiger partial charge in [0.05, 0.1) is 23.5 Å². The molecule has 1 aliphatic rings. The number of aliphatic hydroxyl groups is 1. The second-order valence-electron chi connectivity index (χ2n) is 8.46. The van der Waals surface area contributed by atoms with E-state index in [-0.39, 0.29) is 12.1 Å².